The van der Waals surface area contributed by atoms with Gasteiger partial charge in [-0.15, -0.1) is 0 Å². The first-order valence-electron chi connectivity index (χ1n) is 6.75. The highest BCUT2D eigenvalue weighted by atomic mass is 16.1. The van der Waals surface area contributed by atoms with Crippen LogP contribution in [0.1, 0.15) is 29.8 Å². The van der Waals surface area contributed by atoms with Gasteiger partial charge in [0, 0.05) is 18.8 Å². The van der Waals surface area contributed by atoms with Crippen LogP contribution in [0.4, 0.5) is 0 Å². The van der Waals surface area contributed by atoms with E-state index in [-0.39, 0.29) is 11.9 Å². The lowest BCUT2D eigenvalue weighted by Crippen LogP contribution is -2.42. The van der Waals surface area contributed by atoms with E-state index in [4.69, 9.17) is 0 Å². The fourth-order valence-electron chi connectivity index (χ4n) is 3.05. The fourth-order valence-corrected chi connectivity index (χ4v) is 3.05. The van der Waals surface area contributed by atoms with Crippen molar-refractivity contribution in [2.45, 2.75) is 25.3 Å². The van der Waals surface area contributed by atoms with E-state index in [1.165, 1.54) is 25.9 Å². The van der Waals surface area contributed by atoms with Gasteiger partial charge in [0.1, 0.15) is 5.69 Å². The van der Waals surface area contributed by atoms with Crippen molar-refractivity contribution < 1.29 is 4.79 Å². The van der Waals surface area contributed by atoms with E-state index < -0.39 is 0 Å². The van der Waals surface area contributed by atoms with Crippen molar-refractivity contribution in [2.24, 2.45) is 5.92 Å². The van der Waals surface area contributed by atoms with Crippen LogP contribution >= 0.6 is 0 Å². The zero-order valence-electron chi connectivity index (χ0n) is 10.5. The summed E-state index contributed by atoms with van der Waals surface area (Å²) in [5.41, 5.74) is 0.518. The molecule has 18 heavy (non-hydrogen) atoms. The molecule has 0 saturated carbocycles. The Morgan fingerprint density at radius 2 is 2.17 bits per heavy atom. The van der Waals surface area contributed by atoms with Crippen molar-refractivity contribution in [3.8, 4) is 0 Å². The van der Waals surface area contributed by atoms with Crippen molar-refractivity contribution in [3.63, 3.8) is 0 Å². The summed E-state index contributed by atoms with van der Waals surface area (Å²) in [5, 5.41) is 3.13. The van der Waals surface area contributed by atoms with Crippen LogP contribution in [0, 0.1) is 5.92 Å². The Kier molecular flexibility index (Phi) is 3.28. The summed E-state index contributed by atoms with van der Waals surface area (Å²) in [4.78, 5) is 18.6. The molecule has 0 aliphatic carbocycles. The quantitative estimate of drug-likeness (QED) is 0.854. The van der Waals surface area contributed by atoms with Crippen LogP contribution in [-0.2, 0) is 0 Å². The molecule has 0 aromatic carbocycles. The summed E-state index contributed by atoms with van der Waals surface area (Å²) >= 11 is 0. The van der Waals surface area contributed by atoms with E-state index >= 15 is 0 Å². The van der Waals surface area contributed by atoms with Gasteiger partial charge in [-0.05, 0) is 50.4 Å². The predicted molar refractivity (Wildman–Crippen MR) is 69.3 cm³/mol. The lowest BCUT2D eigenvalue weighted by Gasteiger charge is -2.26. The second-order valence-corrected chi connectivity index (χ2v) is 5.37. The number of carbonyl (C=O) groups is 1. The van der Waals surface area contributed by atoms with Crippen LogP contribution in [0.15, 0.2) is 24.4 Å². The number of hydrogen-bond donors (Lipinski definition) is 1. The lowest BCUT2D eigenvalue weighted by atomic mass is 9.94. The highest BCUT2D eigenvalue weighted by molar-refractivity contribution is 5.92. The summed E-state index contributed by atoms with van der Waals surface area (Å²) < 4.78 is 0. The van der Waals surface area contributed by atoms with Crippen LogP contribution in [0.2, 0.25) is 0 Å². The normalized spacial score (nSPS) is 30.8. The zero-order chi connectivity index (χ0) is 12.4. The Morgan fingerprint density at radius 3 is 2.89 bits per heavy atom. The Hall–Kier alpha value is -1.42. The predicted octanol–water partition coefficient (Wildman–Crippen LogP) is 1.30. The first-order valence-corrected chi connectivity index (χ1v) is 6.75. The molecule has 4 heteroatoms. The third-order valence-electron chi connectivity index (χ3n) is 4.04. The number of nitrogens with zero attached hydrogens (tertiary/aromatic N) is 2. The van der Waals surface area contributed by atoms with E-state index in [9.17, 15) is 4.79 Å². The van der Waals surface area contributed by atoms with E-state index in [1.54, 1.807) is 12.3 Å². The molecule has 1 aromatic rings. The molecule has 3 fully saturated rings. The fraction of sp³-hybridized carbons (Fsp3) is 0.571. The molecule has 2 bridgehead atoms. The summed E-state index contributed by atoms with van der Waals surface area (Å²) in [7, 11) is 0. The van der Waals surface area contributed by atoms with Gasteiger partial charge in [0.2, 0.25) is 0 Å². The molecule has 1 unspecified atom stereocenters. The second kappa shape index (κ2) is 5.06. The first-order chi connectivity index (χ1) is 8.81. The number of hydrogen-bond acceptors (Lipinski definition) is 3. The van der Waals surface area contributed by atoms with Crippen molar-refractivity contribution in [3.05, 3.63) is 30.1 Å². The number of nitrogens with one attached hydrogen (secondary N) is 1. The number of amides is 1. The van der Waals surface area contributed by atoms with E-state index in [1.807, 2.05) is 12.1 Å². The molecule has 3 saturated heterocycles. The molecule has 3 aliphatic rings. The third kappa shape index (κ3) is 2.53. The minimum Gasteiger partial charge on any atom is -0.347 e. The third-order valence-corrected chi connectivity index (χ3v) is 4.04. The van der Waals surface area contributed by atoms with Gasteiger partial charge in [-0.2, -0.15) is 0 Å². The van der Waals surface area contributed by atoms with Crippen molar-refractivity contribution in [2.75, 3.05) is 19.6 Å². The smallest absolute Gasteiger partial charge is 0.270 e. The molecule has 1 amide bonds. The molecule has 3 aliphatic heterocycles. The molecular formula is C14H19N3O. The minimum atomic E-state index is -0.0388. The standard InChI is InChI=1S/C14H19N3O/c18-14(13-3-1-2-6-15-13)16-12-9-11-4-7-17(10-12)8-5-11/h1-3,6,11-12H,4-5,7-10H2,(H,16,18). The monoisotopic (exact) mass is 245 g/mol. The van der Waals surface area contributed by atoms with Crippen LogP contribution in [0.5, 0.6) is 0 Å². The largest absolute Gasteiger partial charge is 0.347 e. The molecule has 1 aromatic heterocycles. The van der Waals surface area contributed by atoms with E-state index in [2.05, 4.69) is 15.2 Å². The molecule has 96 valence electrons. The first kappa shape index (κ1) is 11.7. The maximum Gasteiger partial charge on any atom is 0.270 e. The van der Waals surface area contributed by atoms with Gasteiger partial charge >= 0.3 is 0 Å². The molecule has 4 rings (SSSR count). The van der Waals surface area contributed by atoms with Crippen LogP contribution < -0.4 is 5.32 Å². The van der Waals surface area contributed by atoms with Gasteiger partial charge in [0.15, 0.2) is 0 Å². The highest BCUT2D eigenvalue weighted by Crippen LogP contribution is 2.26. The molecular weight excluding hydrogens is 226 g/mol. The maximum atomic E-state index is 12.1. The zero-order valence-corrected chi connectivity index (χ0v) is 10.5. The Labute approximate surface area is 107 Å². The summed E-state index contributed by atoms with van der Waals surface area (Å²) in [6.45, 7) is 3.39. The van der Waals surface area contributed by atoms with Crippen LogP contribution in [0.3, 0.4) is 0 Å². The SMILES string of the molecule is O=C(NC1CC2CCN(CC2)C1)c1ccccn1. The van der Waals surface area contributed by atoms with Gasteiger partial charge in [0.05, 0.1) is 0 Å². The number of fused-ring (bicyclic) bond motifs is 4. The van der Waals surface area contributed by atoms with Crippen molar-refractivity contribution >= 4 is 5.91 Å². The van der Waals surface area contributed by atoms with Crippen LogP contribution in [-0.4, -0.2) is 41.5 Å². The van der Waals surface area contributed by atoms with Gasteiger partial charge < -0.3 is 10.2 Å². The molecule has 0 spiro atoms. The van der Waals surface area contributed by atoms with Crippen molar-refractivity contribution in [1.82, 2.24) is 15.2 Å². The average molecular weight is 245 g/mol. The van der Waals surface area contributed by atoms with Gasteiger partial charge in [-0.1, -0.05) is 6.07 Å². The summed E-state index contributed by atoms with van der Waals surface area (Å²) in [6.07, 6.45) is 5.36. The van der Waals surface area contributed by atoms with Crippen LogP contribution in [0.25, 0.3) is 0 Å². The summed E-state index contributed by atoms with van der Waals surface area (Å²) in [5.74, 6) is 0.751. The Balaban J connectivity index is 1.64. The number of pyridine rings is 1. The molecule has 4 nitrogen and oxygen atoms in total. The average Bonchev–Trinajstić information content (AvgIpc) is 2.72. The molecule has 1 atom stereocenters. The number of rotatable bonds is 2. The maximum absolute atomic E-state index is 12.1. The Bertz CT molecular complexity index is 398. The van der Waals surface area contributed by atoms with Gasteiger partial charge in [-0.25, -0.2) is 0 Å². The number of piperidine rings is 1. The molecule has 4 heterocycles. The number of aromatic nitrogens is 1. The topological polar surface area (TPSA) is 45.2 Å². The van der Waals surface area contributed by atoms with Gasteiger partial charge in [-0.3, -0.25) is 9.78 Å². The van der Waals surface area contributed by atoms with Gasteiger partial charge in [0.25, 0.3) is 5.91 Å². The molecule has 0 radical (unpaired) electrons. The lowest BCUT2D eigenvalue weighted by molar-refractivity contribution is 0.0924. The second-order valence-electron chi connectivity index (χ2n) is 5.37. The Morgan fingerprint density at radius 1 is 1.33 bits per heavy atom. The minimum absolute atomic E-state index is 0.0388. The van der Waals surface area contributed by atoms with E-state index in [0.717, 1.165) is 18.9 Å². The van der Waals surface area contributed by atoms with E-state index in [0.29, 0.717) is 5.69 Å². The molecule has 1 N–H and O–H groups in total. The number of carbonyl (C=O) groups excluding carboxylic acids is 1. The highest BCUT2D eigenvalue weighted by Gasteiger charge is 2.29. The summed E-state index contributed by atoms with van der Waals surface area (Å²) in [6, 6.07) is 5.73. The van der Waals surface area contributed by atoms with Crippen molar-refractivity contribution in [1.29, 1.82) is 0 Å².